The van der Waals surface area contributed by atoms with Crippen molar-refractivity contribution in [1.29, 1.82) is 0 Å². The number of anilines is 1. The second-order valence-electron chi connectivity index (χ2n) is 6.55. The van der Waals surface area contributed by atoms with Crippen molar-refractivity contribution in [2.24, 2.45) is 5.92 Å². The van der Waals surface area contributed by atoms with E-state index in [0.717, 1.165) is 58.1 Å². The van der Waals surface area contributed by atoms with Gasteiger partial charge < -0.3 is 14.7 Å². The topological polar surface area (TPSA) is 68.4 Å². The zero-order valence-electron chi connectivity index (χ0n) is 13.5. The van der Waals surface area contributed by atoms with Crippen molar-refractivity contribution in [2.45, 2.75) is 32.7 Å². The lowest BCUT2D eigenvalue weighted by molar-refractivity contribution is -0.137. The Kier molecular flexibility index (Phi) is 4.61. The quantitative estimate of drug-likeness (QED) is 0.884. The van der Waals surface area contributed by atoms with Gasteiger partial charge in [0.1, 0.15) is 6.33 Å². The number of likely N-dealkylation sites (tertiary alicyclic amines) is 1. The van der Waals surface area contributed by atoms with Crippen LogP contribution < -0.4 is 4.90 Å². The van der Waals surface area contributed by atoms with Crippen LogP contribution in [-0.2, 0) is 4.79 Å². The van der Waals surface area contributed by atoms with Gasteiger partial charge in [-0.3, -0.25) is 4.79 Å². The van der Waals surface area contributed by atoms with Crippen LogP contribution in [0.3, 0.4) is 0 Å². The van der Waals surface area contributed by atoms with Gasteiger partial charge in [0, 0.05) is 38.8 Å². The van der Waals surface area contributed by atoms with Crippen molar-refractivity contribution in [1.82, 2.24) is 25.0 Å². The first-order chi connectivity index (χ1) is 10.6. The lowest BCUT2D eigenvalue weighted by Gasteiger charge is -2.39. The largest absolute Gasteiger partial charge is 0.339 e. The van der Waals surface area contributed by atoms with E-state index in [9.17, 15) is 4.79 Å². The molecule has 1 amide bonds. The maximum atomic E-state index is 12.8. The van der Waals surface area contributed by atoms with Gasteiger partial charge in [-0.25, -0.2) is 5.10 Å². The van der Waals surface area contributed by atoms with Gasteiger partial charge >= 0.3 is 0 Å². The van der Waals surface area contributed by atoms with Gasteiger partial charge in [0.05, 0.1) is 5.92 Å². The number of nitrogens with one attached hydrogen (secondary N) is 1. The molecule has 0 aliphatic carbocycles. The van der Waals surface area contributed by atoms with Gasteiger partial charge in [-0.1, -0.05) is 0 Å². The van der Waals surface area contributed by atoms with Crippen molar-refractivity contribution in [3.05, 3.63) is 6.33 Å². The molecule has 122 valence electrons. The Bertz CT molecular complexity index is 480. The van der Waals surface area contributed by atoms with Crippen LogP contribution >= 0.6 is 0 Å². The highest BCUT2D eigenvalue weighted by atomic mass is 16.2. The third-order valence-corrected chi connectivity index (χ3v) is 4.83. The van der Waals surface area contributed by atoms with Gasteiger partial charge in [0.2, 0.25) is 11.9 Å². The van der Waals surface area contributed by atoms with Crippen LogP contribution in [-0.4, -0.2) is 76.2 Å². The summed E-state index contributed by atoms with van der Waals surface area (Å²) in [5.41, 5.74) is 0. The van der Waals surface area contributed by atoms with Crippen LogP contribution in [0.15, 0.2) is 6.33 Å². The number of H-pyrrole nitrogens is 1. The number of aromatic nitrogens is 3. The standard InChI is InChI=1S/C15H26N6O/c1-12(2)21-5-3-4-13(10-21)14(22)19-6-8-20(9-7-19)15-16-11-17-18-15/h11-13H,3-10H2,1-2H3,(H,16,17,18)/t13-/m0/s1. The third kappa shape index (κ3) is 3.24. The van der Waals surface area contributed by atoms with Crippen LogP contribution in [0.4, 0.5) is 5.95 Å². The molecule has 1 atom stereocenters. The molecule has 22 heavy (non-hydrogen) atoms. The molecule has 1 aromatic rings. The highest BCUT2D eigenvalue weighted by Gasteiger charge is 2.31. The Morgan fingerprint density at radius 2 is 2.05 bits per heavy atom. The molecule has 7 heteroatoms. The van der Waals surface area contributed by atoms with E-state index in [1.165, 1.54) is 6.33 Å². The van der Waals surface area contributed by atoms with E-state index in [4.69, 9.17) is 0 Å². The number of rotatable bonds is 3. The van der Waals surface area contributed by atoms with E-state index < -0.39 is 0 Å². The normalized spacial score (nSPS) is 24.0. The molecule has 2 aliphatic heterocycles. The van der Waals surface area contributed by atoms with Crippen LogP contribution in [0.5, 0.6) is 0 Å². The van der Waals surface area contributed by atoms with Crippen LogP contribution in [0.2, 0.25) is 0 Å². The van der Waals surface area contributed by atoms with Crippen molar-refractivity contribution in [3.63, 3.8) is 0 Å². The van der Waals surface area contributed by atoms with E-state index in [1.807, 2.05) is 4.90 Å². The zero-order chi connectivity index (χ0) is 15.5. The second kappa shape index (κ2) is 6.64. The van der Waals surface area contributed by atoms with Gasteiger partial charge in [0.25, 0.3) is 0 Å². The van der Waals surface area contributed by atoms with Crippen molar-refractivity contribution < 1.29 is 4.79 Å². The number of nitrogens with zero attached hydrogens (tertiary/aromatic N) is 5. The van der Waals surface area contributed by atoms with Gasteiger partial charge in [-0.2, -0.15) is 10.1 Å². The van der Waals surface area contributed by atoms with E-state index in [1.54, 1.807) is 0 Å². The monoisotopic (exact) mass is 306 g/mol. The number of carbonyl (C=O) groups excluding carboxylic acids is 1. The van der Waals surface area contributed by atoms with Gasteiger partial charge in [0.15, 0.2) is 0 Å². The van der Waals surface area contributed by atoms with Crippen LogP contribution in [0, 0.1) is 5.92 Å². The summed E-state index contributed by atoms with van der Waals surface area (Å²) in [4.78, 5) is 23.5. The maximum absolute atomic E-state index is 12.8. The first kappa shape index (κ1) is 15.3. The highest BCUT2D eigenvalue weighted by molar-refractivity contribution is 5.79. The number of carbonyl (C=O) groups is 1. The summed E-state index contributed by atoms with van der Waals surface area (Å²) in [6, 6.07) is 0.527. The molecular weight excluding hydrogens is 280 g/mol. The van der Waals surface area contributed by atoms with Crippen molar-refractivity contribution in [2.75, 3.05) is 44.2 Å². The fourth-order valence-electron chi connectivity index (χ4n) is 3.43. The average Bonchev–Trinajstić information content (AvgIpc) is 3.09. The van der Waals surface area contributed by atoms with E-state index in [-0.39, 0.29) is 5.92 Å². The molecule has 0 bridgehead atoms. The first-order valence-corrected chi connectivity index (χ1v) is 8.28. The predicted octanol–water partition coefficient (Wildman–Crippen LogP) is 0.574. The minimum Gasteiger partial charge on any atom is -0.339 e. The summed E-state index contributed by atoms with van der Waals surface area (Å²) in [6.45, 7) is 9.66. The summed E-state index contributed by atoms with van der Waals surface area (Å²) >= 11 is 0. The predicted molar refractivity (Wildman–Crippen MR) is 84.6 cm³/mol. The number of amides is 1. The van der Waals surface area contributed by atoms with E-state index >= 15 is 0 Å². The van der Waals surface area contributed by atoms with Crippen molar-refractivity contribution >= 4 is 11.9 Å². The average molecular weight is 306 g/mol. The third-order valence-electron chi connectivity index (χ3n) is 4.83. The summed E-state index contributed by atoms with van der Waals surface area (Å²) in [6.07, 6.45) is 3.69. The second-order valence-corrected chi connectivity index (χ2v) is 6.55. The molecule has 1 N–H and O–H groups in total. The fourth-order valence-corrected chi connectivity index (χ4v) is 3.43. The van der Waals surface area contributed by atoms with Crippen LogP contribution in [0.1, 0.15) is 26.7 Å². The molecule has 1 aromatic heterocycles. The number of piperidine rings is 1. The molecular formula is C15H26N6O. The number of piperazine rings is 1. The van der Waals surface area contributed by atoms with Gasteiger partial charge in [-0.15, -0.1) is 0 Å². The number of hydrogen-bond donors (Lipinski definition) is 1. The maximum Gasteiger partial charge on any atom is 0.227 e. The molecule has 0 spiro atoms. The van der Waals surface area contributed by atoms with Crippen LogP contribution in [0.25, 0.3) is 0 Å². The molecule has 7 nitrogen and oxygen atoms in total. The molecule has 2 saturated heterocycles. The Balaban J connectivity index is 1.53. The van der Waals surface area contributed by atoms with E-state index in [0.29, 0.717) is 11.9 Å². The van der Waals surface area contributed by atoms with E-state index in [2.05, 4.69) is 38.8 Å². The van der Waals surface area contributed by atoms with Gasteiger partial charge in [-0.05, 0) is 33.2 Å². The highest BCUT2D eigenvalue weighted by Crippen LogP contribution is 2.21. The minimum atomic E-state index is 0.174. The summed E-state index contributed by atoms with van der Waals surface area (Å²) in [5, 5.41) is 6.77. The SMILES string of the molecule is CC(C)N1CCC[C@H](C(=O)N2CCN(c3ncn[nH]3)CC2)C1. The molecule has 3 rings (SSSR count). The lowest BCUT2D eigenvalue weighted by atomic mass is 9.95. The fraction of sp³-hybridized carbons (Fsp3) is 0.800. The minimum absolute atomic E-state index is 0.174. The molecule has 2 fully saturated rings. The summed E-state index contributed by atoms with van der Waals surface area (Å²) in [7, 11) is 0. The molecule has 0 radical (unpaired) electrons. The molecule has 2 aliphatic rings. The summed E-state index contributed by atoms with van der Waals surface area (Å²) < 4.78 is 0. The Morgan fingerprint density at radius 3 is 2.68 bits per heavy atom. The molecule has 3 heterocycles. The first-order valence-electron chi connectivity index (χ1n) is 8.28. The van der Waals surface area contributed by atoms with Crippen molar-refractivity contribution in [3.8, 4) is 0 Å². The Morgan fingerprint density at radius 1 is 1.27 bits per heavy atom. The molecule has 0 aromatic carbocycles. The summed E-state index contributed by atoms with van der Waals surface area (Å²) in [5.74, 6) is 1.31. The Labute approximate surface area is 131 Å². The molecule has 0 unspecified atom stereocenters. The lowest BCUT2D eigenvalue weighted by Crippen LogP contribution is -2.53. The zero-order valence-corrected chi connectivity index (χ0v) is 13.5. The number of hydrogen-bond acceptors (Lipinski definition) is 5. The Hall–Kier alpha value is -1.63. The number of aromatic amines is 1. The smallest absolute Gasteiger partial charge is 0.227 e. The molecule has 0 saturated carbocycles.